The van der Waals surface area contributed by atoms with Crippen molar-refractivity contribution in [3.8, 4) is 11.5 Å². The third-order valence-electron chi connectivity index (χ3n) is 5.13. The van der Waals surface area contributed by atoms with Gasteiger partial charge in [-0.2, -0.15) is 0 Å². The number of hydrogen-bond donors (Lipinski definition) is 1. The van der Waals surface area contributed by atoms with Gasteiger partial charge in [-0.3, -0.25) is 0 Å². The average molecular weight is 334 g/mol. The zero-order chi connectivity index (χ0) is 16.8. The molecule has 0 aliphatic carbocycles. The van der Waals surface area contributed by atoms with Crippen molar-refractivity contribution in [2.75, 3.05) is 26.5 Å². The Hall–Kier alpha value is -1.26. The lowest BCUT2D eigenvalue weighted by atomic mass is 9.88. The first kappa shape index (κ1) is 17.6. The van der Waals surface area contributed by atoms with E-state index in [1.54, 1.807) is 0 Å². The summed E-state index contributed by atoms with van der Waals surface area (Å²) in [6, 6.07) is 6.47. The molecule has 4 nitrogen and oxygen atoms in total. The molecule has 1 fully saturated rings. The van der Waals surface area contributed by atoms with Crippen LogP contribution in [0, 0.1) is 5.92 Å². The zero-order valence-electron chi connectivity index (χ0n) is 15.1. The van der Waals surface area contributed by atoms with Gasteiger partial charge in [0.25, 0.3) is 0 Å². The molecule has 0 radical (unpaired) electrons. The van der Waals surface area contributed by atoms with Gasteiger partial charge in [-0.05, 0) is 48.8 Å². The van der Waals surface area contributed by atoms with Crippen LogP contribution >= 0.6 is 0 Å². The summed E-state index contributed by atoms with van der Waals surface area (Å²) in [4.78, 5) is 0. The molecule has 0 amide bonds. The molecule has 2 aliphatic heterocycles. The third-order valence-corrected chi connectivity index (χ3v) is 5.13. The molecule has 2 N–H and O–H groups in total. The summed E-state index contributed by atoms with van der Waals surface area (Å²) >= 11 is 0. The number of nitrogens with two attached hydrogens (primary N) is 1. The normalized spacial score (nSPS) is 20.7. The Labute approximate surface area is 145 Å². The molecule has 1 saturated heterocycles. The van der Waals surface area contributed by atoms with E-state index in [1.165, 1.54) is 37.7 Å². The molecule has 4 heteroatoms. The van der Waals surface area contributed by atoms with Crippen molar-refractivity contribution in [3.63, 3.8) is 0 Å². The largest absolute Gasteiger partial charge is 0.454 e. The maximum absolute atomic E-state index is 5.71. The summed E-state index contributed by atoms with van der Waals surface area (Å²) < 4.78 is 16.7. The van der Waals surface area contributed by atoms with Crippen molar-refractivity contribution in [2.24, 2.45) is 5.92 Å². The number of rotatable bonds is 9. The zero-order valence-corrected chi connectivity index (χ0v) is 15.1. The Morgan fingerprint density at radius 1 is 1.12 bits per heavy atom. The van der Waals surface area contributed by atoms with Crippen molar-refractivity contribution < 1.29 is 19.5 Å². The van der Waals surface area contributed by atoms with Gasteiger partial charge in [0.1, 0.15) is 12.6 Å². The van der Waals surface area contributed by atoms with Gasteiger partial charge in [0.05, 0.1) is 6.54 Å². The van der Waals surface area contributed by atoms with Gasteiger partial charge in [0, 0.05) is 13.0 Å². The highest BCUT2D eigenvalue weighted by Gasteiger charge is 2.20. The van der Waals surface area contributed by atoms with E-state index in [2.05, 4.69) is 37.4 Å². The monoisotopic (exact) mass is 334 g/mol. The topological polar surface area (TPSA) is 44.3 Å². The number of quaternary nitrogens is 1. The second kappa shape index (κ2) is 8.72. The first-order chi connectivity index (χ1) is 11.7. The van der Waals surface area contributed by atoms with Crippen molar-refractivity contribution in [3.05, 3.63) is 23.8 Å². The summed E-state index contributed by atoms with van der Waals surface area (Å²) in [6.45, 7) is 8.19. The lowest BCUT2D eigenvalue weighted by Crippen LogP contribution is -2.86. The van der Waals surface area contributed by atoms with Gasteiger partial charge in [0.15, 0.2) is 11.5 Å². The van der Waals surface area contributed by atoms with Gasteiger partial charge in [-0.1, -0.05) is 26.3 Å². The predicted molar refractivity (Wildman–Crippen MR) is 94.6 cm³/mol. The van der Waals surface area contributed by atoms with Crippen LogP contribution in [0.1, 0.15) is 57.4 Å². The van der Waals surface area contributed by atoms with E-state index in [1.807, 2.05) is 0 Å². The molecule has 134 valence electrons. The SMILES string of the molecule is CC(C)CC[C@@H](CC[NH2+]C[C@H]1CCCO1)c1ccc2c(c1)OCO2. The predicted octanol–water partition coefficient (Wildman–Crippen LogP) is 3.07. The Morgan fingerprint density at radius 3 is 2.79 bits per heavy atom. The lowest BCUT2D eigenvalue weighted by molar-refractivity contribution is -0.661. The van der Waals surface area contributed by atoms with Crippen LogP contribution in [-0.2, 0) is 4.74 Å². The molecule has 0 bridgehead atoms. The molecule has 1 aromatic carbocycles. The molecule has 0 spiro atoms. The highest BCUT2D eigenvalue weighted by atomic mass is 16.7. The van der Waals surface area contributed by atoms with E-state index >= 15 is 0 Å². The minimum Gasteiger partial charge on any atom is -0.454 e. The summed E-state index contributed by atoms with van der Waals surface area (Å²) in [5.41, 5.74) is 1.39. The van der Waals surface area contributed by atoms with Gasteiger partial charge in [-0.25, -0.2) is 0 Å². The van der Waals surface area contributed by atoms with Crippen LogP contribution in [0.25, 0.3) is 0 Å². The summed E-state index contributed by atoms with van der Waals surface area (Å²) in [5.74, 6) is 3.14. The van der Waals surface area contributed by atoms with E-state index in [0.29, 0.717) is 18.8 Å². The van der Waals surface area contributed by atoms with E-state index < -0.39 is 0 Å². The Kier molecular flexibility index (Phi) is 6.38. The molecule has 1 aromatic rings. The maximum Gasteiger partial charge on any atom is 0.231 e. The molecule has 2 aliphatic rings. The first-order valence-corrected chi connectivity index (χ1v) is 9.55. The van der Waals surface area contributed by atoms with Crippen LogP contribution in [0.5, 0.6) is 11.5 Å². The average Bonchev–Trinajstić information content (AvgIpc) is 3.24. The van der Waals surface area contributed by atoms with Gasteiger partial charge >= 0.3 is 0 Å². The minimum absolute atomic E-state index is 0.352. The van der Waals surface area contributed by atoms with Crippen LogP contribution in [0.3, 0.4) is 0 Å². The Morgan fingerprint density at radius 2 is 2.00 bits per heavy atom. The van der Waals surface area contributed by atoms with Crippen LogP contribution in [0.15, 0.2) is 18.2 Å². The molecular weight excluding hydrogens is 302 g/mol. The summed E-state index contributed by atoms with van der Waals surface area (Å²) in [6.07, 6.45) is 6.65. The fraction of sp³-hybridized carbons (Fsp3) is 0.700. The van der Waals surface area contributed by atoms with Crippen molar-refractivity contribution in [1.29, 1.82) is 0 Å². The molecule has 2 heterocycles. The quantitative estimate of drug-likeness (QED) is 0.706. The number of ether oxygens (including phenoxy) is 3. The first-order valence-electron chi connectivity index (χ1n) is 9.55. The van der Waals surface area contributed by atoms with Gasteiger partial charge in [-0.15, -0.1) is 0 Å². The van der Waals surface area contributed by atoms with Crippen molar-refractivity contribution in [1.82, 2.24) is 0 Å². The van der Waals surface area contributed by atoms with Crippen molar-refractivity contribution in [2.45, 2.75) is 58.0 Å². The summed E-state index contributed by atoms with van der Waals surface area (Å²) in [7, 11) is 0. The van der Waals surface area contributed by atoms with Crippen LogP contribution < -0.4 is 14.8 Å². The van der Waals surface area contributed by atoms with Crippen molar-refractivity contribution >= 4 is 0 Å². The molecule has 2 atom stereocenters. The fourth-order valence-electron chi connectivity index (χ4n) is 3.63. The number of fused-ring (bicyclic) bond motifs is 1. The second-order valence-corrected chi connectivity index (χ2v) is 7.52. The highest BCUT2D eigenvalue weighted by Crippen LogP contribution is 2.36. The van der Waals surface area contributed by atoms with Crippen LogP contribution in [-0.4, -0.2) is 32.6 Å². The van der Waals surface area contributed by atoms with E-state index in [9.17, 15) is 0 Å². The van der Waals surface area contributed by atoms with Gasteiger partial charge < -0.3 is 19.5 Å². The van der Waals surface area contributed by atoms with E-state index in [0.717, 1.165) is 37.1 Å². The van der Waals surface area contributed by atoms with Crippen LogP contribution in [0.4, 0.5) is 0 Å². The molecule has 0 aromatic heterocycles. The second-order valence-electron chi connectivity index (χ2n) is 7.52. The van der Waals surface area contributed by atoms with E-state index in [-0.39, 0.29) is 0 Å². The third kappa shape index (κ3) is 4.87. The standard InChI is InChI=1S/C20H31NO3/c1-15(2)5-6-16(9-10-21-13-18-4-3-11-22-18)17-7-8-19-20(12-17)24-14-23-19/h7-8,12,15-16,18,21H,3-6,9-11,13-14H2,1-2H3/p+1/t16-,18+/m0/s1. The number of benzene rings is 1. The fourth-order valence-corrected chi connectivity index (χ4v) is 3.63. The smallest absolute Gasteiger partial charge is 0.231 e. The highest BCUT2D eigenvalue weighted by molar-refractivity contribution is 5.45. The molecule has 0 unspecified atom stereocenters. The molecule has 24 heavy (non-hydrogen) atoms. The lowest BCUT2D eigenvalue weighted by Gasteiger charge is -2.19. The Balaban J connectivity index is 1.53. The molecular formula is C20H32NO3+. The van der Waals surface area contributed by atoms with E-state index in [4.69, 9.17) is 14.2 Å². The van der Waals surface area contributed by atoms with Crippen LogP contribution in [0.2, 0.25) is 0 Å². The maximum atomic E-state index is 5.71. The summed E-state index contributed by atoms with van der Waals surface area (Å²) in [5, 5.41) is 2.44. The Bertz CT molecular complexity index is 512. The molecule has 3 rings (SSSR count). The number of hydrogen-bond acceptors (Lipinski definition) is 3. The minimum atomic E-state index is 0.352. The van der Waals surface area contributed by atoms with Gasteiger partial charge in [0.2, 0.25) is 6.79 Å². The molecule has 0 saturated carbocycles.